The number of nitrogens with one attached hydrogen (secondary N) is 1. The van der Waals surface area contributed by atoms with E-state index in [-0.39, 0.29) is 0 Å². The van der Waals surface area contributed by atoms with Gasteiger partial charge in [-0.3, -0.25) is 0 Å². The van der Waals surface area contributed by atoms with Gasteiger partial charge < -0.3 is 9.84 Å². The number of nitrogens with zero attached hydrogens (tertiary/aromatic N) is 2. The van der Waals surface area contributed by atoms with Crippen molar-refractivity contribution in [2.45, 2.75) is 32.2 Å². The summed E-state index contributed by atoms with van der Waals surface area (Å²) in [5.41, 5.74) is 2.89. The van der Waals surface area contributed by atoms with Crippen LogP contribution < -0.4 is 5.32 Å². The number of hydrogen-bond donors (Lipinski definition) is 1. The van der Waals surface area contributed by atoms with Crippen LogP contribution in [0.1, 0.15) is 23.4 Å². The van der Waals surface area contributed by atoms with Crippen LogP contribution in [0.15, 0.2) is 28.8 Å². The molecule has 17 heavy (non-hydrogen) atoms. The lowest BCUT2D eigenvalue weighted by Crippen LogP contribution is -2.27. The third kappa shape index (κ3) is 2.16. The number of rotatable bonds is 2. The van der Waals surface area contributed by atoms with E-state index in [0.717, 1.165) is 19.3 Å². The lowest BCUT2D eigenvalue weighted by Gasteiger charge is -2.24. The van der Waals surface area contributed by atoms with Crippen LogP contribution in [0, 0.1) is 6.92 Å². The Hall–Kier alpha value is -1.84. The van der Waals surface area contributed by atoms with Gasteiger partial charge in [-0.2, -0.15) is 4.98 Å². The maximum atomic E-state index is 5.08. The molecule has 0 amide bonds. The molecule has 1 aromatic heterocycles. The first-order chi connectivity index (χ1) is 8.31. The van der Waals surface area contributed by atoms with Gasteiger partial charge in [0.15, 0.2) is 5.82 Å². The molecule has 0 aliphatic heterocycles. The van der Waals surface area contributed by atoms with Crippen molar-refractivity contribution in [3.8, 4) is 0 Å². The van der Waals surface area contributed by atoms with Crippen LogP contribution in [0.2, 0.25) is 0 Å². The molecule has 88 valence electrons. The van der Waals surface area contributed by atoms with E-state index in [9.17, 15) is 0 Å². The zero-order chi connectivity index (χ0) is 11.7. The van der Waals surface area contributed by atoms with Crippen molar-refractivity contribution in [2.24, 2.45) is 0 Å². The van der Waals surface area contributed by atoms with Gasteiger partial charge in [0, 0.05) is 6.04 Å². The Kier molecular flexibility index (Phi) is 2.55. The second kappa shape index (κ2) is 4.20. The van der Waals surface area contributed by atoms with Crippen molar-refractivity contribution in [3.05, 3.63) is 41.2 Å². The Labute approximate surface area is 100 Å². The monoisotopic (exact) mass is 229 g/mol. The van der Waals surface area contributed by atoms with Gasteiger partial charge in [-0.15, -0.1) is 0 Å². The minimum atomic E-state index is 0.393. The number of aromatic nitrogens is 2. The lowest BCUT2D eigenvalue weighted by atomic mass is 9.88. The van der Waals surface area contributed by atoms with Crippen molar-refractivity contribution in [2.75, 3.05) is 5.32 Å². The molecule has 1 aliphatic rings. The zero-order valence-corrected chi connectivity index (χ0v) is 9.81. The van der Waals surface area contributed by atoms with E-state index in [1.165, 1.54) is 11.1 Å². The van der Waals surface area contributed by atoms with Crippen molar-refractivity contribution in [3.63, 3.8) is 0 Å². The highest BCUT2D eigenvalue weighted by Crippen LogP contribution is 2.23. The molecule has 0 spiro atoms. The summed E-state index contributed by atoms with van der Waals surface area (Å²) < 4.78 is 5.08. The second-order valence-corrected chi connectivity index (χ2v) is 4.50. The summed E-state index contributed by atoms with van der Waals surface area (Å²) >= 11 is 0. The third-order valence-electron chi connectivity index (χ3n) is 3.20. The van der Waals surface area contributed by atoms with Gasteiger partial charge in [-0.1, -0.05) is 29.4 Å². The molecule has 0 bridgehead atoms. The quantitative estimate of drug-likeness (QED) is 0.858. The molecule has 1 atom stereocenters. The Morgan fingerprint density at radius 1 is 1.29 bits per heavy atom. The van der Waals surface area contributed by atoms with Crippen LogP contribution in [0.25, 0.3) is 0 Å². The molecule has 1 heterocycles. The molecule has 4 heteroatoms. The maximum Gasteiger partial charge on any atom is 0.321 e. The predicted molar refractivity (Wildman–Crippen MR) is 64.9 cm³/mol. The Balaban J connectivity index is 1.72. The third-order valence-corrected chi connectivity index (χ3v) is 3.20. The minimum Gasteiger partial charge on any atom is -0.335 e. The van der Waals surface area contributed by atoms with Crippen molar-refractivity contribution < 1.29 is 4.52 Å². The van der Waals surface area contributed by atoms with Gasteiger partial charge in [0.1, 0.15) is 0 Å². The van der Waals surface area contributed by atoms with E-state index in [1.54, 1.807) is 0 Å². The zero-order valence-electron chi connectivity index (χ0n) is 9.81. The second-order valence-electron chi connectivity index (χ2n) is 4.50. The highest BCUT2D eigenvalue weighted by atomic mass is 16.5. The maximum absolute atomic E-state index is 5.08. The van der Waals surface area contributed by atoms with E-state index in [0.29, 0.717) is 17.9 Å². The first kappa shape index (κ1) is 10.3. The normalized spacial score (nSPS) is 18.8. The van der Waals surface area contributed by atoms with E-state index in [1.807, 2.05) is 6.92 Å². The Morgan fingerprint density at radius 3 is 2.88 bits per heavy atom. The smallest absolute Gasteiger partial charge is 0.321 e. The molecular weight excluding hydrogens is 214 g/mol. The Morgan fingerprint density at radius 2 is 2.12 bits per heavy atom. The molecule has 2 aromatic rings. The Bertz CT molecular complexity index is 521. The van der Waals surface area contributed by atoms with Crippen LogP contribution in [0.3, 0.4) is 0 Å². The molecule has 3 rings (SSSR count). The molecule has 0 radical (unpaired) electrons. The average molecular weight is 229 g/mol. The predicted octanol–water partition coefficient (Wildman–Crippen LogP) is 2.35. The van der Waals surface area contributed by atoms with E-state index in [2.05, 4.69) is 39.7 Å². The number of aryl methyl sites for hydroxylation is 2. The molecule has 1 aliphatic carbocycles. The highest BCUT2D eigenvalue weighted by Gasteiger charge is 2.19. The van der Waals surface area contributed by atoms with Crippen LogP contribution in [-0.2, 0) is 12.8 Å². The molecular formula is C13H15N3O. The van der Waals surface area contributed by atoms with Gasteiger partial charge in [0.2, 0.25) is 0 Å². The SMILES string of the molecule is Cc1noc(NC2CCc3ccccc3C2)n1. The fourth-order valence-corrected chi connectivity index (χ4v) is 2.35. The fourth-order valence-electron chi connectivity index (χ4n) is 2.35. The summed E-state index contributed by atoms with van der Waals surface area (Å²) in [4.78, 5) is 4.17. The number of benzene rings is 1. The van der Waals surface area contributed by atoms with Crippen molar-refractivity contribution >= 4 is 6.01 Å². The molecule has 1 aromatic carbocycles. The van der Waals surface area contributed by atoms with Crippen molar-refractivity contribution in [1.29, 1.82) is 0 Å². The van der Waals surface area contributed by atoms with Gasteiger partial charge in [0.05, 0.1) is 0 Å². The molecule has 1 unspecified atom stereocenters. The number of anilines is 1. The molecule has 0 fully saturated rings. The summed E-state index contributed by atoms with van der Waals surface area (Å²) in [6.07, 6.45) is 3.25. The number of hydrogen-bond acceptors (Lipinski definition) is 4. The molecule has 0 saturated heterocycles. The summed E-state index contributed by atoms with van der Waals surface area (Å²) in [6.45, 7) is 1.82. The van der Waals surface area contributed by atoms with Crippen LogP contribution >= 0.6 is 0 Å². The minimum absolute atomic E-state index is 0.393. The van der Waals surface area contributed by atoms with E-state index >= 15 is 0 Å². The molecule has 1 N–H and O–H groups in total. The van der Waals surface area contributed by atoms with Gasteiger partial charge >= 0.3 is 6.01 Å². The van der Waals surface area contributed by atoms with Gasteiger partial charge in [-0.25, -0.2) is 0 Å². The molecule has 4 nitrogen and oxygen atoms in total. The van der Waals surface area contributed by atoms with Crippen LogP contribution in [-0.4, -0.2) is 16.2 Å². The summed E-state index contributed by atoms with van der Waals surface area (Å²) in [7, 11) is 0. The van der Waals surface area contributed by atoms with Crippen LogP contribution in [0.4, 0.5) is 6.01 Å². The lowest BCUT2D eigenvalue weighted by molar-refractivity contribution is 0.418. The first-order valence-corrected chi connectivity index (χ1v) is 5.95. The summed E-state index contributed by atoms with van der Waals surface area (Å²) in [5.74, 6) is 0.670. The van der Waals surface area contributed by atoms with Gasteiger partial charge in [0.25, 0.3) is 0 Å². The summed E-state index contributed by atoms with van der Waals surface area (Å²) in [6, 6.07) is 9.54. The number of fused-ring (bicyclic) bond motifs is 1. The highest BCUT2D eigenvalue weighted by molar-refractivity contribution is 5.33. The van der Waals surface area contributed by atoms with E-state index in [4.69, 9.17) is 4.52 Å². The molecule has 0 saturated carbocycles. The van der Waals surface area contributed by atoms with Crippen molar-refractivity contribution in [1.82, 2.24) is 10.1 Å². The topological polar surface area (TPSA) is 51.0 Å². The first-order valence-electron chi connectivity index (χ1n) is 5.95. The van der Waals surface area contributed by atoms with Gasteiger partial charge in [-0.05, 0) is 37.3 Å². The summed E-state index contributed by atoms with van der Waals surface area (Å²) in [5, 5.41) is 7.08. The fraction of sp³-hybridized carbons (Fsp3) is 0.385. The average Bonchev–Trinajstić information content (AvgIpc) is 2.75. The largest absolute Gasteiger partial charge is 0.335 e. The standard InChI is InChI=1S/C13H15N3O/c1-9-14-13(17-16-9)15-12-7-6-10-4-2-3-5-11(10)8-12/h2-5,12H,6-8H2,1H3,(H,14,15,16). The van der Waals surface area contributed by atoms with E-state index < -0.39 is 0 Å². The van der Waals surface area contributed by atoms with Crippen LogP contribution in [0.5, 0.6) is 0 Å².